The zero-order chi connectivity index (χ0) is 20.3. The average molecular weight is 397 g/mol. The van der Waals surface area contributed by atoms with Crippen molar-refractivity contribution in [2.75, 3.05) is 32.8 Å². The lowest BCUT2D eigenvalue weighted by atomic mass is 10.1. The predicted octanol–water partition coefficient (Wildman–Crippen LogP) is 7.03. The van der Waals surface area contributed by atoms with Crippen molar-refractivity contribution in [2.45, 2.75) is 123 Å². The van der Waals surface area contributed by atoms with Gasteiger partial charge in [0, 0.05) is 0 Å². The van der Waals surface area contributed by atoms with Crippen LogP contribution < -0.4 is 0 Å². The first-order valence-electron chi connectivity index (χ1n) is 12.7. The monoisotopic (exact) mass is 396 g/mol. The third kappa shape index (κ3) is 12.8. The molecule has 0 aliphatic carbocycles. The summed E-state index contributed by atoms with van der Waals surface area (Å²) < 4.78 is 6.65. The van der Waals surface area contributed by atoms with Crippen LogP contribution in [0.5, 0.6) is 0 Å². The second-order valence-electron chi connectivity index (χ2n) is 9.19. The number of hydrogen-bond acceptors (Lipinski definition) is 2. The molecule has 0 amide bonds. The summed E-state index contributed by atoms with van der Waals surface area (Å²) >= 11 is 0. The number of carbonyl (C=O) groups is 1. The van der Waals surface area contributed by atoms with E-state index in [1.807, 2.05) is 0 Å². The first-order valence-corrected chi connectivity index (χ1v) is 12.7. The lowest BCUT2D eigenvalue weighted by Crippen LogP contribution is -2.52. The van der Waals surface area contributed by atoms with E-state index in [1.54, 1.807) is 0 Å². The number of ether oxygens (including phenoxy) is 1. The SMILES string of the molecule is CCCCCCCCCCOC(=O)C[N+]1(CCCCCCC)CCCCCC1. The molecule has 0 saturated carbocycles. The highest BCUT2D eigenvalue weighted by molar-refractivity contribution is 5.70. The molecular weight excluding hydrogens is 346 g/mol. The molecule has 0 aromatic heterocycles. The molecule has 3 heteroatoms. The number of esters is 1. The van der Waals surface area contributed by atoms with E-state index in [2.05, 4.69) is 13.8 Å². The van der Waals surface area contributed by atoms with Gasteiger partial charge in [-0.2, -0.15) is 0 Å². The van der Waals surface area contributed by atoms with Gasteiger partial charge in [0.05, 0.1) is 26.2 Å². The van der Waals surface area contributed by atoms with Gasteiger partial charge in [-0.3, -0.25) is 0 Å². The van der Waals surface area contributed by atoms with Gasteiger partial charge in [-0.1, -0.05) is 78.1 Å². The fourth-order valence-electron chi connectivity index (χ4n) is 4.61. The van der Waals surface area contributed by atoms with Crippen LogP contribution in [0.25, 0.3) is 0 Å². The second kappa shape index (κ2) is 17.3. The normalized spacial score (nSPS) is 16.6. The molecule has 0 radical (unpaired) electrons. The maximum Gasteiger partial charge on any atom is 0.361 e. The highest BCUT2D eigenvalue weighted by Crippen LogP contribution is 2.21. The highest BCUT2D eigenvalue weighted by atomic mass is 16.5. The van der Waals surface area contributed by atoms with Crippen LogP contribution >= 0.6 is 0 Å². The van der Waals surface area contributed by atoms with Crippen molar-refractivity contribution < 1.29 is 14.0 Å². The molecule has 0 atom stereocenters. The number of rotatable bonds is 17. The zero-order valence-electron chi connectivity index (χ0n) is 19.3. The van der Waals surface area contributed by atoms with Crippen LogP contribution in [0.15, 0.2) is 0 Å². The minimum absolute atomic E-state index is 0.0541. The Balaban J connectivity index is 2.22. The molecular formula is C25H50NO2+. The number of quaternary nitrogens is 1. The van der Waals surface area contributed by atoms with Crippen molar-refractivity contribution in [3.63, 3.8) is 0 Å². The Morgan fingerprint density at radius 2 is 1.18 bits per heavy atom. The van der Waals surface area contributed by atoms with Gasteiger partial charge in [0.15, 0.2) is 6.54 Å². The summed E-state index contributed by atoms with van der Waals surface area (Å²) in [5.74, 6) is 0.0541. The predicted molar refractivity (Wildman–Crippen MR) is 121 cm³/mol. The molecule has 1 rings (SSSR count). The van der Waals surface area contributed by atoms with Crippen LogP contribution in [-0.2, 0) is 9.53 Å². The molecule has 0 bridgehead atoms. The number of nitrogens with zero attached hydrogens (tertiary/aromatic N) is 1. The van der Waals surface area contributed by atoms with Gasteiger partial charge in [-0.15, -0.1) is 0 Å². The van der Waals surface area contributed by atoms with E-state index in [0.717, 1.165) is 10.9 Å². The Labute approximate surface area is 176 Å². The fourth-order valence-corrected chi connectivity index (χ4v) is 4.61. The molecule has 0 aromatic rings. The second-order valence-corrected chi connectivity index (χ2v) is 9.19. The van der Waals surface area contributed by atoms with E-state index in [9.17, 15) is 4.79 Å². The van der Waals surface area contributed by atoms with Crippen molar-refractivity contribution in [2.24, 2.45) is 0 Å². The van der Waals surface area contributed by atoms with Crippen LogP contribution in [0.2, 0.25) is 0 Å². The lowest BCUT2D eigenvalue weighted by Gasteiger charge is -2.37. The largest absolute Gasteiger partial charge is 0.462 e. The van der Waals surface area contributed by atoms with Gasteiger partial charge in [-0.05, 0) is 44.9 Å². The van der Waals surface area contributed by atoms with E-state index in [-0.39, 0.29) is 5.97 Å². The van der Waals surface area contributed by atoms with E-state index in [0.29, 0.717) is 13.2 Å². The molecule has 0 unspecified atom stereocenters. The van der Waals surface area contributed by atoms with Crippen molar-refractivity contribution >= 4 is 5.97 Å². The van der Waals surface area contributed by atoms with E-state index < -0.39 is 0 Å². The summed E-state index contributed by atoms with van der Waals surface area (Å²) in [5, 5.41) is 0. The molecule has 0 N–H and O–H groups in total. The smallest absolute Gasteiger partial charge is 0.361 e. The summed E-state index contributed by atoms with van der Waals surface area (Å²) in [6.45, 7) is 9.32. The quantitative estimate of drug-likeness (QED) is 0.150. The van der Waals surface area contributed by atoms with Gasteiger partial charge < -0.3 is 9.22 Å². The lowest BCUT2D eigenvalue weighted by molar-refractivity contribution is -0.921. The molecule has 1 aliphatic rings. The molecule has 28 heavy (non-hydrogen) atoms. The van der Waals surface area contributed by atoms with Crippen molar-refractivity contribution in [1.29, 1.82) is 0 Å². The first-order chi connectivity index (χ1) is 13.7. The summed E-state index contributed by atoms with van der Waals surface area (Å²) in [7, 11) is 0. The third-order valence-corrected chi connectivity index (χ3v) is 6.48. The van der Waals surface area contributed by atoms with Gasteiger partial charge in [0.25, 0.3) is 0 Å². The molecule has 166 valence electrons. The number of likely N-dealkylation sites (tertiary alicyclic amines) is 1. The van der Waals surface area contributed by atoms with Crippen LogP contribution in [0.4, 0.5) is 0 Å². The molecule has 3 nitrogen and oxygen atoms in total. The Morgan fingerprint density at radius 3 is 1.75 bits per heavy atom. The fraction of sp³-hybridized carbons (Fsp3) is 0.960. The van der Waals surface area contributed by atoms with E-state index >= 15 is 0 Å². The number of hydrogen-bond donors (Lipinski definition) is 0. The average Bonchev–Trinajstić information content (AvgIpc) is 2.92. The zero-order valence-corrected chi connectivity index (χ0v) is 19.3. The minimum Gasteiger partial charge on any atom is -0.462 e. The van der Waals surface area contributed by atoms with Crippen molar-refractivity contribution in [3.8, 4) is 0 Å². The van der Waals surface area contributed by atoms with Crippen LogP contribution in [0.3, 0.4) is 0 Å². The Hall–Kier alpha value is -0.570. The van der Waals surface area contributed by atoms with Crippen LogP contribution in [-0.4, -0.2) is 43.2 Å². The van der Waals surface area contributed by atoms with Crippen LogP contribution in [0, 0.1) is 0 Å². The molecule has 0 aromatic carbocycles. The maximum absolute atomic E-state index is 12.5. The third-order valence-electron chi connectivity index (χ3n) is 6.48. The summed E-state index contributed by atoms with van der Waals surface area (Å²) in [6, 6.07) is 0. The molecule has 1 aliphatic heterocycles. The maximum atomic E-state index is 12.5. The molecule has 1 heterocycles. The molecule has 0 spiro atoms. The number of unbranched alkanes of at least 4 members (excludes halogenated alkanes) is 11. The topological polar surface area (TPSA) is 26.3 Å². The van der Waals surface area contributed by atoms with E-state index in [4.69, 9.17) is 4.74 Å². The summed E-state index contributed by atoms with van der Waals surface area (Å²) in [4.78, 5) is 12.5. The first kappa shape index (κ1) is 25.5. The molecule has 1 fully saturated rings. The van der Waals surface area contributed by atoms with Gasteiger partial charge in [0.1, 0.15) is 0 Å². The highest BCUT2D eigenvalue weighted by Gasteiger charge is 2.31. The van der Waals surface area contributed by atoms with Crippen molar-refractivity contribution in [1.82, 2.24) is 0 Å². The van der Waals surface area contributed by atoms with Crippen molar-refractivity contribution in [3.05, 3.63) is 0 Å². The van der Waals surface area contributed by atoms with E-state index in [1.165, 1.54) is 122 Å². The Bertz CT molecular complexity index is 362. The van der Waals surface area contributed by atoms with Gasteiger partial charge in [0.2, 0.25) is 0 Å². The number of carbonyl (C=O) groups excluding carboxylic acids is 1. The Kier molecular flexibility index (Phi) is 15.7. The molecule has 1 saturated heterocycles. The summed E-state index contributed by atoms with van der Waals surface area (Å²) in [6.07, 6.45) is 22.1. The minimum atomic E-state index is 0.0541. The van der Waals surface area contributed by atoms with Crippen LogP contribution in [0.1, 0.15) is 123 Å². The summed E-state index contributed by atoms with van der Waals surface area (Å²) in [5.41, 5.74) is 0. The van der Waals surface area contributed by atoms with Gasteiger partial charge >= 0.3 is 5.97 Å². The standard InChI is InChI=1S/C25H50NO2/c1-3-5-7-9-10-11-15-19-23-28-25(27)24-26(20-16-12-8-6-4-2)21-17-13-14-18-22-26/h3-24H2,1-2H3/q+1. The van der Waals surface area contributed by atoms with Gasteiger partial charge in [-0.25, -0.2) is 4.79 Å². The Morgan fingerprint density at radius 1 is 0.679 bits per heavy atom.